The number of hydrogen-bond donors (Lipinski definition) is 1. The minimum absolute atomic E-state index is 0.391. The van der Waals surface area contributed by atoms with E-state index < -0.39 is 14.6 Å². The highest BCUT2D eigenvalue weighted by molar-refractivity contribution is 7.93. The van der Waals surface area contributed by atoms with E-state index in [0.29, 0.717) is 22.9 Å². The Morgan fingerprint density at radius 3 is 2.71 bits per heavy atom. The van der Waals surface area contributed by atoms with Crippen molar-refractivity contribution < 1.29 is 13.2 Å². The first kappa shape index (κ1) is 10.9. The van der Waals surface area contributed by atoms with Crippen molar-refractivity contribution in [1.29, 1.82) is 0 Å². The summed E-state index contributed by atoms with van der Waals surface area (Å²) in [5, 5.41) is 3.23. The van der Waals surface area contributed by atoms with Gasteiger partial charge in [-0.2, -0.15) is 0 Å². The van der Waals surface area contributed by atoms with E-state index in [1.165, 1.54) is 0 Å². The van der Waals surface area contributed by atoms with Crippen LogP contribution in [0.1, 0.15) is 19.3 Å². The Labute approximate surface area is 101 Å². The maximum atomic E-state index is 12.6. The lowest BCUT2D eigenvalue weighted by Crippen LogP contribution is -2.53. The molecule has 0 atom stereocenters. The van der Waals surface area contributed by atoms with E-state index >= 15 is 0 Å². The van der Waals surface area contributed by atoms with Crippen LogP contribution in [-0.4, -0.2) is 26.8 Å². The van der Waals surface area contributed by atoms with Crippen molar-refractivity contribution in [2.45, 2.75) is 28.9 Å². The number of methoxy groups -OCH3 is 1. The first-order chi connectivity index (χ1) is 8.09. The Hall–Kier alpha value is -1.23. The summed E-state index contributed by atoms with van der Waals surface area (Å²) >= 11 is 0. The Morgan fingerprint density at radius 1 is 1.35 bits per heavy atom. The monoisotopic (exact) mass is 253 g/mol. The average Bonchev–Trinajstić information content (AvgIpc) is 2.26. The third kappa shape index (κ3) is 1.32. The largest absolute Gasteiger partial charge is 0.497 e. The van der Waals surface area contributed by atoms with Gasteiger partial charge in [0.15, 0.2) is 9.84 Å². The second-order valence-corrected chi connectivity index (χ2v) is 7.07. The third-order valence-electron chi connectivity index (χ3n) is 3.91. The van der Waals surface area contributed by atoms with Crippen molar-refractivity contribution in [3.05, 3.63) is 18.2 Å². The molecule has 17 heavy (non-hydrogen) atoms. The van der Waals surface area contributed by atoms with E-state index in [1.54, 1.807) is 25.3 Å². The molecule has 1 heterocycles. The maximum absolute atomic E-state index is 12.6. The summed E-state index contributed by atoms with van der Waals surface area (Å²) in [6.45, 7) is 0.536. The summed E-state index contributed by atoms with van der Waals surface area (Å²) in [5.74, 6) is 0.588. The highest BCUT2D eigenvalue weighted by atomic mass is 32.2. The fourth-order valence-electron chi connectivity index (χ4n) is 2.60. The highest BCUT2D eigenvalue weighted by Gasteiger charge is 2.52. The molecule has 1 saturated carbocycles. The van der Waals surface area contributed by atoms with Crippen LogP contribution in [0.3, 0.4) is 0 Å². The van der Waals surface area contributed by atoms with Gasteiger partial charge in [-0.15, -0.1) is 0 Å². The van der Waals surface area contributed by atoms with E-state index in [0.717, 1.165) is 19.3 Å². The van der Waals surface area contributed by atoms with Gasteiger partial charge in [-0.3, -0.25) is 0 Å². The number of sulfone groups is 1. The van der Waals surface area contributed by atoms with Gasteiger partial charge in [-0.05, 0) is 25.0 Å². The fraction of sp³-hybridized carbons (Fsp3) is 0.500. The molecule has 1 aliphatic heterocycles. The molecule has 0 saturated heterocycles. The molecule has 1 aliphatic carbocycles. The Bertz CT molecular complexity index is 561. The van der Waals surface area contributed by atoms with Crippen LogP contribution < -0.4 is 10.1 Å². The molecule has 0 radical (unpaired) electrons. The Balaban J connectivity index is 2.17. The average molecular weight is 253 g/mol. The highest BCUT2D eigenvalue weighted by Crippen LogP contribution is 2.47. The zero-order valence-corrected chi connectivity index (χ0v) is 10.5. The first-order valence-electron chi connectivity index (χ1n) is 5.76. The Morgan fingerprint density at radius 2 is 2.12 bits per heavy atom. The standard InChI is InChI=1S/C12H15NO3S/c1-16-9-3-4-10-11(7-9)17(14,15)12(8-13-10)5-2-6-12/h3-4,7,13H,2,5-6,8H2,1H3. The summed E-state index contributed by atoms with van der Waals surface area (Å²) in [5.41, 5.74) is 0.698. The van der Waals surface area contributed by atoms with Crippen molar-refractivity contribution in [3.63, 3.8) is 0 Å². The van der Waals surface area contributed by atoms with Crippen molar-refractivity contribution in [2.24, 2.45) is 0 Å². The predicted octanol–water partition coefficient (Wildman–Crippen LogP) is 1.82. The van der Waals surface area contributed by atoms with E-state index in [4.69, 9.17) is 4.74 Å². The molecule has 2 aliphatic rings. The minimum Gasteiger partial charge on any atom is -0.497 e. The topological polar surface area (TPSA) is 55.4 Å². The molecule has 0 bridgehead atoms. The van der Waals surface area contributed by atoms with E-state index in [2.05, 4.69) is 5.32 Å². The van der Waals surface area contributed by atoms with Crippen molar-refractivity contribution in [3.8, 4) is 5.75 Å². The zero-order valence-electron chi connectivity index (χ0n) is 9.69. The molecule has 1 N–H and O–H groups in total. The molecule has 1 aromatic rings. The summed E-state index contributed by atoms with van der Waals surface area (Å²) in [6, 6.07) is 5.17. The van der Waals surface area contributed by atoms with E-state index in [9.17, 15) is 8.42 Å². The molecular weight excluding hydrogens is 238 g/mol. The second-order valence-electron chi connectivity index (χ2n) is 4.76. The first-order valence-corrected chi connectivity index (χ1v) is 7.24. The summed E-state index contributed by atoms with van der Waals surface area (Å²) in [4.78, 5) is 0.391. The number of benzene rings is 1. The molecule has 0 amide bonds. The van der Waals surface area contributed by atoms with Gasteiger partial charge in [0.05, 0.1) is 22.4 Å². The number of nitrogens with one attached hydrogen (secondary N) is 1. The SMILES string of the molecule is COc1ccc2c(c1)S(=O)(=O)C1(CCC1)CN2. The normalized spacial score (nSPS) is 23.4. The van der Waals surface area contributed by atoms with Crippen LogP contribution in [0.25, 0.3) is 0 Å². The van der Waals surface area contributed by atoms with Crippen molar-refractivity contribution in [1.82, 2.24) is 0 Å². The van der Waals surface area contributed by atoms with Gasteiger partial charge in [0.2, 0.25) is 0 Å². The lowest BCUT2D eigenvalue weighted by atomic mass is 9.84. The Kier molecular flexibility index (Phi) is 2.17. The third-order valence-corrected chi connectivity index (χ3v) is 6.52. The van der Waals surface area contributed by atoms with Gasteiger partial charge < -0.3 is 10.1 Å². The lowest BCUT2D eigenvalue weighted by molar-refractivity contribution is 0.347. The molecule has 1 fully saturated rings. The zero-order chi connectivity index (χ0) is 12.1. The van der Waals surface area contributed by atoms with Gasteiger partial charge in [-0.25, -0.2) is 8.42 Å². The molecule has 92 valence electrons. The van der Waals surface area contributed by atoms with Crippen LogP contribution in [0.4, 0.5) is 5.69 Å². The van der Waals surface area contributed by atoms with Gasteiger partial charge in [-0.1, -0.05) is 6.42 Å². The molecule has 0 aromatic heterocycles. The predicted molar refractivity (Wildman–Crippen MR) is 65.3 cm³/mol. The van der Waals surface area contributed by atoms with Gasteiger partial charge in [0.25, 0.3) is 0 Å². The van der Waals surface area contributed by atoms with Crippen LogP contribution in [-0.2, 0) is 9.84 Å². The van der Waals surface area contributed by atoms with Gasteiger partial charge in [0, 0.05) is 12.6 Å². The summed E-state index contributed by atoms with van der Waals surface area (Å²) in [7, 11) is -1.68. The molecule has 1 spiro atoms. The van der Waals surface area contributed by atoms with Crippen LogP contribution in [0.2, 0.25) is 0 Å². The van der Waals surface area contributed by atoms with Crippen molar-refractivity contribution >= 4 is 15.5 Å². The molecule has 3 rings (SSSR count). The summed E-state index contributed by atoms with van der Waals surface area (Å²) in [6.07, 6.45) is 2.53. The molecule has 1 aromatic carbocycles. The number of ether oxygens (including phenoxy) is 1. The number of hydrogen-bond acceptors (Lipinski definition) is 4. The molecule has 0 unspecified atom stereocenters. The van der Waals surface area contributed by atoms with E-state index in [-0.39, 0.29) is 0 Å². The van der Waals surface area contributed by atoms with Gasteiger partial charge in [0.1, 0.15) is 5.75 Å². The van der Waals surface area contributed by atoms with Crippen LogP contribution >= 0.6 is 0 Å². The smallest absolute Gasteiger partial charge is 0.187 e. The summed E-state index contributed by atoms with van der Waals surface area (Å²) < 4.78 is 29.7. The minimum atomic E-state index is -3.22. The molecular formula is C12H15NO3S. The molecule has 5 heteroatoms. The number of anilines is 1. The second kappa shape index (κ2) is 3.38. The van der Waals surface area contributed by atoms with Gasteiger partial charge >= 0.3 is 0 Å². The molecule has 4 nitrogen and oxygen atoms in total. The lowest BCUT2D eigenvalue weighted by Gasteiger charge is -2.44. The van der Waals surface area contributed by atoms with Crippen LogP contribution in [0.15, 0.2) is 23.1 Å². The van der Waals surface area contributed by atoms with Crippen LogP contribution in [0.5, 0.6) is 5.75 Å². The van der Waals surface area contributed by atoms with E-state index in [1.807, 2.05) is 0 Å². The maximum Gasteiger partial charge on any atom is 0.187 e. The van der Waals surface area contributed by atoms with Crippen LogP contribution in [0, 0.1) is 0 Å². The number of fused-ring (bicyclic) bond motifs is 1. The van der Waals surface area contributed by atoms with Crippen molar-refractivity contribution in [2.75, 3.05) is 19.0 Å². The number of rotatable bonds is 1. The quantitative estimate of drug-likeness (QED) is 0.829. The fourth-order valence-corrected chi connectivity index (χ4v) is 4.86.